The lowest BCUT2D eigenvalue weighted by Crippen LogP contribution is -2.37. The lowest BCUT2D eigenvalue weighted by atomic mass is 9.86. The average molecular weight is 320 g/mol. The summed E-state index contributed by atoms with van der Waals surface area (Å²) in [4.78, 5) is 16.2. The van der Waals surface area contributed by atoms with Gasteiger partial charge in [-0.05, 0) is 55.9 Å². The third-order valence-corrected chi connectivity index (χ3v) is 4.88. The van der Waals surface area contributed by atoms with E-state index in [0.717, 1.165) is 50.9 Å². The van der Waals surface area contributed by atoms with Gasteiger partial charge in [0, 0.05) is 32.2 Å². The van der Waals surface area contributed by atoms with E-state index in [2.05, 4.69) is 4.90 Å². The molecule has 0 radical (unpaired) electrons. The maximum absolute atomic E-state index is 13.5. The van der Waals surface area contributed by atoms with Crippen molar-refractivity contribution in [2.75, 3.05) is 32.8 Å². The van der Waals surface area contributed by atoms with Gasteiger partial charge >= 0.3 is 6.09 Å². The topological polar surface area (TPSA) is 32.8 Å². The number of halogens is 1. The number of hydrogen-bond acceptors (Lipinski definition) is 3. The molecule has 0 saturated carbocycles. The first-order valence-electron chi connectivity index (χ1n) is 8.63. The largest absolute Gasteiger partial charge is 0.450 e. The Morgan fingerprint density at radius 3 is 2.96 bits per heavy atom. The summed E-state index contributed by atoms with van der Waals surface area (Å²) in [7, 11) is 0. The highest BCUT2D eigenvalue weighted by atomic mass is 19.1. The fourth-order valence-electron chi connectivity index (χ4n) is 3.78. The molecule has 0 spiro atoms. The monoisotopic (exact) mass is 320 g/mol. The van der Waals surface area contributed by atoms with E-state index in [1.165, 1.54) is 5.56 Å². The fourth-order valence-corrected chi connectivity index (χ4v) is 3.78. The Balaban J connectivity index is 1.70. The first-order valence-corrected chi connectivity index (χ1v) is 8.63. The van der Waals surface area contributed by atoms with Gasteiger partial charge in [-0.3, -0.25) is 4.90 Å². The summed E-state index contributed by atoms with van der Waals surface area (Å²) in [6.45, 7) is 5.52. The summed E-state index contributed by atoms with van der Waals surface area (Å²) in [5.41, 5.74) is 2.41. The number of carbonyl (C=O) groups is 1. The Labute approximate surface area is 137 Å². The molecule has 1 heterocycles. The number of aryl methyl sites for hydroxylation is 1. The lowest BCUT2D eigenvalue weighted by Gasteiger charge is -2.35. The molecule has 4 nitrogen and oxygen atoms in total. The Kier molecular flexibility index (Phi) is 5.16. The van der Waals surface area contributed by atoms with Crippen molar-refractivity contribution < 1.29 is 13.9 Å². The molecule has 1 aliphatic heterocycles. The highest BCUT2D eigenvalue weighted by molar-refractivity contribution is 5.67. The summed E-state index contributed by atoms with van der Waals surface area (Å²) >= 11 is 0. The zero-order valence-electron chi connectivity index (χ0n) is 13.8. The van der Waals surface area contributed by atoms with Crippen LogP contribution in [0.4, 0.5) is 9.18 Å². The van der Waals surface area contributed by atoms with Crippen LogP contribution in [0.3, 0.4) is 0 Å². The molecular weight excluding hydrogens is 295 g/mol. The molecule has 1 atom stereocenters. The van der Waals surface area contributed by atoms with E-state index in [1.807, 2.05) is 13.0 Å². The van der Waals surface area contributed by atoms with E-state index in [9.17, 15) is 9.18 Å². The number of benzene rings is 1. The summed E-state index contributed by atoms with van der Waals surface area (Å²) in [6, 6.07) is 5.55. The molecule has 1 saturated heterocycles. The highest BCUT2D eigenvalue weighted by Crippen LogP contribution is 2.35. The molecule has 1 aromatic rings. The standard InChI is InChI=1S/C18H25FN2O2/c1-2-23-18(22)21-10-4-9-20(11-12-21)17-6-3-5-14-13-15(19)7-8-16(14)17/h7-8,13,17H,2-6,9-12H2,1H3/t17-/m0/s1. The van der Waals surface area contributed by atoms with Crippen LogP contribution < -0.4 is 0 Å². The first-order chi connectivity index (χ1) is 11.2. The van der Waals surface area contributed by atoms with Gasteiger partial charge in [0.05, 0.1) is 6.61 Å². The van der Waals surface area contributed by atoms with Gasteiger partial charge in [0.15, 0.2) is 0 Å². The summed E-state index contributed by atoms with van der Waals surface area (Å²) in [5, 5.41) is 0. The number of ether oxygens (including phenoxy) is 1. The molecule has 1 amide bonds. The van der Waals surface area contributed by atoms with Crippen molar-refractivity contribution >= 4 is 6.09 Å². The predicted octanol–water partition coefficient (Wildman–Crippen LogP) is 3.37. The number of fused-ring (bicyclic) bond motifs is 1. The van der Waals surface area contributed by atoms with Gasteiger partial charge in [-0.2, -0.15) is 0 Å². The van der Waals surface area contributed by atoms with Crippen molar-refractivity contribution in [3.8, 4) is 0 Å². The van der Waals surface area contributed by atoms with Crippen LogP contribution in [-0.4, -0.2) is 48.7 Å². The van der Waals surface area contributed by atoms with Gasteiger partial charge in [0.1, 0.15) is 5.82 Å². The smallest absolute Gasteiger partial charge is 0.409 e. The van der Waals surface area contributed by atoms with Crippen molar-refractivity contribution in [1.29, 1.82) is 0 Å². The van der Waals surface area contributed by atoms with Crippen LogP contribution in [0, 0.1) is 5.82 Å². The number of hydrogen-bond donors (Lipinski definition) is 0. The second-order valence-electron chi connectivity index (χ2n) is 6.33. The maximum atomic E-state index is 13.5. The highest BCUT2D eigenvalue weighted by Gasteiger charge is 2.28. The lowest BCUT2D eigenvalue weighted by molar-refractivity contribution is 0.107. The van der Waals surface area contributed by atoms with E-state index in [1.54, 1.807) is 17.0 Å². The second kappa shape index (κ2) is 7.30. The van der Waals surface area contributed by atoms with Gasteiger partial charge in [0.25, 0.3) is 0 Å². The molecule has 3 rings (SSSR count). The average Bonchev–Trinajstić information content (AvgIpc) is 2.80. The van der Waals surface area contributed by atoms with E-state index in [4.69, 9.17) is 4.74 Å². The SMILES string of the molecule is CCOC(=O)N1CCCN([C@H]2CCCc3cc(F)ccc32)CC1. The normalized spacial score (nSPS) is 22.3. The van der Waals surface area contributed by atoms with Crippen molar-refractivity contribution in [1.82, 2.24) is 9.80 Å². The number of rotatable bonds is 2. The number of nitrogens with zero attached hydrogens (tertiary/aromatic N) is 2. The third kappa shape index (κ3) is 3.66. The first kappa shape index (κ1) is 16.2. The van der Waals surface area contributed by atoms with Gasteiger partial charge in [-0.1, -0.05) is 6.07 Å². The van der Waals surface area contributed by atoms with Crippen LogP contribution >= 0.6 is 0 Å². The molecule has 1 aliphatic carbocycles. The Morgan fingerprint density at radius 2 is 2.13 bits per heavy atom. The van der Waals surface area contributed by atoms with Crippen LogP contribution in [0.25, 0.3) is 0 Å². The van der Waals surface area contributed by atoms with Crippen LogP contribution in [0.1, 0.15) is 43.4 Å². The Hall–Kier alpha value is -1.62. The van der Waals surface area contributed by atoms with Crippen LogP contribution in [-0.2, 0) is 11.2 Å². The molecule has 2 aliphatic rings. The molecule has 1 aromatic carbocycles. The fraction of sp³-hybridized carbons (Fsp3) is 0.611. The summed E-state index contributed by atoms with van der Waals surface area (Å²) in [5.74, 6) is -0.145. The molecule has 0 bridgehead atoms. The van der Waals surface area contributed by atoms with Crippen LogP contribution in [0.15, 0.2) is 18.2 Å². The minimum Gasteiger partial charge on any atom is -0.450 e. The zero-order valence-corrected chi connectivity index (χ0v) is 13.8. The summed E-state index contributed by atoms with van der Waals surface area (Å²) < 4.78 is 18.6. The molecule has 5 heteroatoms. The third-order valence-electron chi connectivity index (χ3n) is 4.88. The minimum atomic E-state index is -0.208. The quantitative estimate of drug-likeness (QED) is 0.837. The van der Waals surface area contributed by atoms with E-state index in [0.29, 0.717) is 19.2 Å². The zero-order chi connectivity index (χ0) is 16.2. The maximum Gasteiger partial charge on any atom is 0.409 e. The van der Waals surface area contributed by atoms with Gasteiger partial charge < -0.3 is 9.64 Å². The van der Waals surface area contributed by atoms with Crippen molar-refractivity contribution in [2.24, 2.45) is 0 Å². The Morgan fingerprint density at radius 1 is 1.26 bits per heavy atom. The van der Waals surface area contributed by atoms with Gasteiger partial charge in [0.2, 0.25) is 0 Å². The van der Waals surface area contributed by atoms with E-state index >= 15 is 0 Å². The van der Waals surface area contributed by atoms with Crippen molar-refractivity contribution in [3.05, 3.63) is 35.1 Å². The second-order valence-corrected chi connectivity index (χ2v) is 6.33. The number of carbonyl (C=O) groups excluding carboxylic acids is 1. The van der Waals surface area contributed by atoms with E-state index < -0.39 is 0 Å². The molecular formula is C18H25FN2O2. The molecule has 0 unspecified atom stereocenters. The molecule has 0 N–H and O–H groups in total. The van der Waals surface area contributed by atoms with Crippen LogP contribution in [0.5, 0.6) is 0 Å². The predicted molar refractivity (Wildman–Crippen MR) is 86.9 cm³/mol. The van der Waals surface area contributed by atoms with Gasteiger partial charge in [-0.15, -0.1) is 0 Å². The minimum absolute atomic E-state index is 0.145. The molecule has 0 aromatic heterocycles. The number of amides is 1. The van der Waals surface area contributed by atoms with Crippen molar-refractivity contribution in [3.63, 3.8) is 0 Å². The van der Waals surface area contributed by atoms with E-state index in [-0.39, 0.29) is 11.9 Å². The molecule has 1 fully saturated rings. The van der Waals surface area contributed by atoms with Gasteiger partial charge in [-0.25, -0.2) is 9.18 Å². The molecule has 126 valence electrons. The Bertz CT molecular complexity index is 564. The van der Waals surface area contributed by atoms with Crippen molar-refractivity contribution in [2.45, 2.75) is 38.6 Å². The summed E-state index contributed by atoms with van der Waals surface area (Å²) in [6.07, 6.45) is 3.91. The molecule has 23 heavy (non-hydrogen) atoms. The van der Waals surface area contributed by atoms with Crippen LogP contribution in [0.2, 0.25) is 0 Å².